The second-order valence-electron chi connectivity index (χ2n) is 10.6. The summed E-state index contributed by atoms with van der Waals surface area (Å²) in [4.78, 5) is 71.5. The number of carbonyl (C=O) groups is 5. The summed E-state index contributed by atoms with van der Waals surface area (Å²) in [6, 6.07) is 7.86. The molecule has 0 radical (unpaired) electrons. The second-order valence-corrected chi connectivity index (χ2v) is 10.6. The molecule has 1 aromatic carbocycles. The molecule has 3 amide bonds. The molecule has 1 fully saturated rings. The van der Waals surface area contributed by atoms with Crippen LogP contribution in [0.4, 0.5) is 0 Å². The lowest BCUT2D eigenvalue weighted by atomic mass is 9.95. The summed E-state index contributed by atoms with van der Waals surface area (Å²) in [6.07, 6.45) is 3.69. The Labute approximate surface area is 242 Å². The van der Waals surface area contributed by atoms with Crippen LogP contribution in [0.25, 0.3) is 10.9 Å². The minimum atomic E-state index is -1.11. The number of nitrogens with zero attached hydrogens (tertiary/aromatic N) is 1. The SMILES string of the molecule is COc1cccc2[nH]c(C(=O)N[C@@H](CC(C)C)C(=O)N[C@@H](C[C@@H]3CCNC3=O)C(=O)COC(=O)c3ccncc3)cc12. The van der Waals surface area contributed by atoms with Crippen molar-refractivity contribution < 1.29 is 33.4 Å². The summed E-state index contributed by atoms with van der Waals surface area (Å²) in [5.74, 6) is -2.44. The van der Waals surface area contributed by atoms with Gasteiger partial charge in [-0.25, -0.2) is 4.79 Å². The van der Waals surface area contributed by atoms with Crippen molar-refractivity contribution in [1.82, 2.24) is 25.9 Å². The van der Waals surface area contributed by atoms with Crippen molar-refractivity contribution in [1.29, 1.82) is 0 Å². The molecule has 222 valence electrons. The van der Waals surface area contributed by atoms with Gasteiger partial charge in [0, 0.05) is 35.8 Å². The van der Waals surface area contributed by atoms with Crippen LogP contribution in [0, 0.1) is 11.8 Å². The zero-order valence-electron chi connectivity index (χ0n) is 23.8. The molecule has 0 bridgehead atoms. The summed E-state index contributed by atoms with van der Waals surface area (Å²) >= 11 is 0. The van der Waals surface area contributed by atoms with Gasteiger partial charge in [-0.15, -0.1) is 0 Å². The molecule has 0 unspecified atom stereocenters. The molecule has 2 aromatic heterocycles. The number of nitrogens with one attached hydrogen (secondary N) is 4. The fourth-order valence-electron chi connectivity index (χ4n) is 4.87. The zero-order valence-corrected chi connectivity index (χ0v) is 23.8. The van der Waals surface area contributed by atoms with Gasteiger partial charge in [0.1, 0.15) is 17.5 Å². The number of aromatic nitrogens is 2. The van der Waals surface area contributed by atoms with Gasteiger partial charge in [0.2, 0.25) is 11.8 Å². The predicted octanol–water partition coefficient (Wildman–Crippen LogP) is 2.15. The van der Waals surface area contributed by atoms with Crippen LogP contribution in [-0.2, 0) is 19.1 Å². The summed E-state index contributed by atoms with van der Waals surface area (Å²) in [7, 11) is 1.54. The zero-order chi connectivity index (χ0) is 30.2. The van der Waals surface area contributed by atoms with Crippen LogP contribution in [0.2, 0.25) is 0 Å². The maximum Gasteiger partial charge on any atom is 0.338 e. The van der Waals surface area contributed by atoms with Crippen LogP contribution in [0.5, 0.6) is 5.75 Å². The number of pyridine rings is 1. The third-order valence-corrected chi connectivity index (χ3v) is 7.07. The molecule has 0 spiro atoms. The molecule has 4 rings (SSSR count). The number of methoxy groups -OCH3 is 1. The third-order valence-electron chi connectivity index (χ3n) is 7.07. The van der Waals surface area contributed by atoms with Crippen molar-refractivity contribution in [3.8, 4) is 5.75 Å². The topological polar surface area (TPSA) is 169 Å². The molecule has 0 saturated carbocycles. The van der Waals surface area contributed by atoms with Crippen molar-refractivity contribution in [2.24, 2.45) is 11.8 Å². The lowest BCUT2D eigenvalue weighted by Gasteiger charge is -2.25. The average Bonchev–Trinajstić information content (AvgIpc) is 3.61. The fraction of sp³-hybridized carbons (Fsp3) is 0.400. The van der Waals surface area contributed by atoms with E-state index in [-0.39, 0.29) is 29.5 Å². The first-order valence-electron chi connectivity index (χ1n) is 13.8. The standard InChI is InChI=1S/C30H35N5O7/c1-17(2)13-23(35-29(39)24-15-20-21(33-24)5-4-6-26(20)41-3)28(38)34-22(14-19-9-12-32-27(19)37)25(36)16-42-30(40)18-7-10-31-11-8-18/h4-8,10-11,15,17,19,22-23,33H,9,12-14,16H2,1-3H3,(H,32,37)(H,34,38)(H,35,39)/t19-,22-,23-/m0/s1. The van der Waals surface area contributed by atoms with Gasteiger partial charge in [-0.05, 0) is 55.5 Å². The van der Waals surface area contributed by atoms with Gasteiger partial charge in [0.15, 0.2) is 12.4 Å². The van der Waals surface area contributed by atoms with E-state index in [1.165, 1.54) is 31.6 Å². The van der Waals surface area contributed by atoms with Gasteiger partial charge in [0.05, 0.1) is 18.7 Å². The van der Waals surface area contributed by atoms with E-state index in [1.807, 2.05) is 19.9 Å². The van der Waals surface area contributed by atoms with Gasteiger partial charge in [-0.3, -0.25) is 24.2 Å². The van der Waals surface area contributed by atoms with Crippen molar-refractivity contribution in [2.75, 3.05) is 20.3 Å². The van der Waals surface area contributed by atoms with Crippen molar-refractivity contribution in [3.63, 3.8) is 0 Å². The number of Topliss-reactive ketones (excluding diaryl/α,β-unsaturated/α-hetero) is 1. The first kappa shape index (κ1) is 30.2. The lowest BCUT2D eigenvalue weighted by Crippen LogP contribution is -2.53. The molecule has 4 N–H and O–H groups in total. The molecule has 3 atom stereocenters. The summed E-state index contributed by atoms with van der Waals surface area (Å²) < 4.78 is 10.6. The largest absolute Gasteiger partial charge is 0.496 e. The van der Waals surface area contributed by atoms with Crippen LogP contribution in [0.3, 0.4) is 0 Å². The van der Waals surface area contributed by atoms with Gasteiger partial charge in [0.25, 0.3) is 5.91 Å². The molecular weight excluding hydrogens is 542 g/mol. The van der Waals surface area contributed by atoms with E-state index < -0.39 is 48.2 Å². The molecular formula is C30H35N5O7. The highest BCUT2D eigenvalue weighted by Crippen LogP contribution is 2.26. The Morgan fingerprint density at radius 3 is 2.50 bits per heavy atom. The van der Waals surface area contributed by atoms with E-state index in [2.05, 4.69) is 25.9 Å². The quantitative estimate of drug-likeness (QED) is 0.224. The predicted molar refractivity (Wildman–Crippen MR) is 153 cm³/mol. The number of carbonyl (C=O) groups excluding carboxylic acids is 5. The number of rotatable bonds is 13. The molecule has 12 heteroatoms. The molecule has 1 saturated heterocycles. The molecule has 3 heterocycles. The van der Waals surface area contributed by atoms with E-state index >= 15 is 0 Å². The first-order chi connectivity index (χ1) is 20.2. The molecule has 3 aromatic rings. The summed E-state index contributed by atoms with van der Waals surface area (Å²) in [5.41, 5.74) is 1.17. The lowest BCUT2D eigenvalue weighted by molar-refractivity contribution is -0.131. The minimum absolute atomic E-state index is 0.0277. The van der Waals surface area contributed by atoms with Gasteiger partial charge in [-0.2, -0.15) is 0 Å². The smallest absolute Gasteiger partial charge is 0.338 e. The maximum atomic E-state index is 13.5. The van der Waals surface area contributed by atoms with E-state index in [4.69, 9.17) is 9.47 Å². The number of hydrogen-bond acceptors (Lipinski definition) is 8. The van der Waals surface area contributed by atoms with Crippen LogP contribution >= 0.6 is 0 Å². The number of ketones is 1. The van der Waals surface area contributed by atoms with Crippen LogP contribution in [0.1, 0.15) is 54.0 Å². The summed E-state index contributed by atoms with van der Waals surface area (Å²) in [5, 5.41) is 8.94. The number of fused-ring (bicyclic) bond motifs is 1. The van der Waals surface area contributed by atoms with Crippen molar-refractivity contribution >= 4 is 40.4 Å². The normalized spacial score (nSPS) is 16.0. The van der Waals surface area contributed by atoms with E-state index in [0.717, 1.165) is 5.39 Å². The number of H-pyrrole nitrogens is 1. The molecule has 1 aliphatic heterocycles. The van der Waals surface area contributed by atoms with Crippen LogP contribution < -0.4 is 20.7 Å². The first-order valence-corrected chi connectivity index (χ1v) is 13.8. The number of esters is 1. The van der Waals surface area contributed by atoms with Gasteiger partial charge < -0.3 is 30.4 Å². The summed E-state index contributed by atoms with van der Waals surface area (Å²) in [6.45, 7) is 3.68. The number of aromatic amines is 1. The Bertz CT molecular complexity index is 1450. The third kappa shape index (κ3) is 7.50. The van der Waals surface area contributed by atoms with Gasteiger partial charge >= 0.3 is 5.97 Å². The van der Waals surface area contributed by atoms with Crippen molar-refractivity contribution in [2.45, 2.75) is 45.2 Å². The monoisotopic (exact) mass is 577 g/mol. The van der Waals surface area contributed by atoms with E-state index in [1.54, 1.807) is 18.2 Å². The number of amides is 3. The highest BCUT2D eigenvalue weighted by atomic mass is 16.5. The number of ether oxygens (including phenoxy) is 2. The Morgan fingerprint density at radius 1 is 1.07 bits per heavy atom. The highest BCUT2D eigenvalue weighted by Gasteiger charge is 2.34. The van der Waals surface area contributed by atoms with E-state index in [9.17, 15) is 24.0 Å². The molecule has 12 nitrogen and oxygen atoms in total. The van der Waals surface area contributed by atoms with E-state index in [0.29, 0.717) is 30.7 Å². The Morgan fingerprint density at radius 2 is 1.83 bits per heavy atom. The Hall–Kier alpha value is -4.74. The number of benzene rings is 1. The Balaban J connectivity index is 1.48. The van der Waals surface area contributed by atoms with Crippen LogP contribution in [-0.4, -0.2) is 71.8 Å². The van der Waals surface area contributed by atoms with Gasteiger partial charge in [-0.1, -0.05) is 19.9 Å². The molecule has 42 heavy (non-hydrogen) atoms. The number of hydrogen-bond donors (Lipinski definition) is 4. The fourth-order valence-corrected chi connectivity index (χ4v) is 4.87. The van der Waals surface area contributed by atoms with Crippen molar-refractivity contribution in [3.05, 3.63) is 60.0 Å². The molecule has 0 aliphatic carbocycles. The average molecular weight is 578 g/mol. The molecule has 1 aliphatic rings. The van der Waals surface area contributed by atoms with Crippen LogP contribution in [0.15, 0.2) is 48.8 Å². The second kappa shape index (κ2) is 13.7. The maximum absolute atomic E-state index is 13.5. The minimum Gasteiger partial charge on any atom is -0.496 e. The highest BCUT2D eigenvalue weighted by molar-refractivity contribution is 6.02. The Kier molecular flexibility index (Phi) is 9.89.